The van der Waals surface area contributed by atoms with Crippen molar-refractivity contribution in [1.29, 1.82) is 0 Å². The molecule has 8 aromatic rings. The summed E-state index contributed by atoms with van der Waals surface area (Å²) in [5, 5.41) is 1.11. The molecule has 0 aliphatic carbocycles. The summed E-state index contributed by atoms with van der Waals surface area (Å²) in [6, 6.07) is 78.1. The number of para-hydroxylation sites is 5. The minimum Gasteiger partial charge on any atom is -0.535 e. The Morgan fingerprint density at radius 2 is 0.810 bits per heavy atom. The van der Waals surface area contributed by atoms with Crippen molar-refractivity contribution in [2.45, 2.75) is 6.55 Å². The maximum atomic E-state index is 6.81. The second-order valence-electron chi connectivity index (χ2n) is 14.7. The van der Waals surface area contributed by atoms with Crippen molar-refractivity contribution >= 4 is 68.6 Å². The molecular weight excluding hydrogens is 723 g/mol. The summed E-state index contributed by atoms with van der Waals surface area (Å²) >= 11 is 0. The molecule has 2 heterocycles. The highest BCUT2D eigenvalue weighted by molar-refractivity contribution is 7.14. The van der Waals surface area contributed by atoms with E-state index in [-0.39, 0.29) is 20.9 Å². The second-order valence-corrected chi connectivity index (χ2v) is 16.5. The third-order valence-corrected chi connectivity index (χ3v) is 12.8. The van der Waals surface area contributed by atoms with Crippen LogP contribution in [0.1, 0.15) is 0 Å². The average Bonchev–Trinajstić information content (AvgIpc) is 3.45. The summed E-state index contributed by atoms with van der Waals surface area (Å²) in [4.78, 5) is 0. The lowest BCUT2D eigenvalue weighted by Gasteiger charge is -2.57. The molecule has 2 aliphatic rings. The number of benzene rings is 8. The molecule has 9 heteroatoms. The Balaban J connectivity index is 1.25. The van der Waals surface area contributed by atoms with Gasteiger partial charge in [0.25, 0.3) is 0 Å². The highest BCUT2D eigenvalue weighted by atomic mass is 28.3. The topological polar surface area (TPSA) is 28.2 Å². The summed E-state index contributed by atoms with van der Waals surface area (Å²) < 4.78 is 21.2. The molecule has 10 rings (SSSR count). The lowest BCUT2D eigenvalue weighted by Crippen LogP contribution is -2.86. The Bertz CT molecular complexity index is 2560. The van der Waals surface area contributed by atoms with Gasteiger partial charge in [-0.3, -0.25) is 0 Å². The van der Waals surface area contributed by atoms with Crippen LogP contribution in [-0.4, -0.2) is 30.0 Å². The Labute approximate surface area is 343 Å². The molecule has 1 saturated heterocycles. The van der Waals surface area contributed by atoms with Crippen LogP contribution < -0.4 is 44.9 Å². The molecule has 0 bridgehead atoms. The van der Waals surface area contributed by atoms with Crippen molar-refractivity contribution < 1.29 is 9.16 Å². The molecule has 58 heavy (non-hydrogen) atoms. The molecule has 1 fully saturated rings. The molecule has 0 unspecified atom stereocenters. The van der Waals surface area contributed by atoms with Gasteiger partial charge < -0.3 is 23.3 Å². The molecular formula is C49H39B3N3O2Si. The van der Waals surface area contributed by atoms with Crippen LogP contribution in [0.5, 0.6) is 17.2 Å². The fourth-order valence-electron chi connectivity index (χ4n) is 8.62. The van der Waals surface area contributed by atoms with Crippen LogP contribution in [0.2, 0.25) is 6.55 Å². The zero-order chi connectivity index (χ0) is 38.8. The van der Waals surface area contributed by atoms with Gasteiger partial charge in [0, 0.05) is 27.8 Å². The van der Waals surface area contributed by atoms with Gasteiger partial charge in [0.2, 0.25) is 0 Å². The quantitative estimate of drug-likeness (QED) is 0.152. The van der Waals surface area contributed by atoms with Gasteiger partial charge in [0.1, 0.15) is 11.5 Å². The molecule has 0 spiro atoms. The van der Waals surface area contributed by atoms with Gasteiger partial charge in [0.15, 0.2) is 5.75 Å². The predicted molar refractivity (Wildman–Crippen MR) is 246 cm³/mol. The van der Waals surface area contributed by atoms with E-state index >= 15 is 0 Å². The first kappa shape index (κ1) is 35.6. The van der Waals surface area contributed by atoms with E-state index in [0.717, 1.165) is 50.6 Å². The van der Waals surface area contributed by atoms with Crippen LogP contribution in [-0.2, 0) is 0 Å². The minimum absolute atomic E-state index is 0.190. The number of ether oxygens (including phenoxy) is 1. The third-order valence-electron chi connectivity index (χ3n) is 11.2. The fraction of sp³-hybridized carbons (Fsp3) is 0.0204. The van der Waals surface area contributed by atoms with Crippen LogP contribution in [0.15, 0.2) is 218 Å². The normalized spacial score (nSPS) is 13.9. The standard InChI is InChI=1S/C49H39B3N3O2Si/c1-58-48-36-20-33-45(49(48)56-46-34-17-18-35-47(46)57-58)38-21-19-32-44(37-38)55-51(40-24-9-3-10-25-40)53(42-28-13-5-14-29-42)50(39-22-7-2-8-23-39)54(43-30-15-6-16-31-43)52(55)41-26-11-4-12-27-41/h2-37H,1H3. The van der Waals surface area contributed by atoms with Crippen LogP contribution >= 0.6 is 0 Å². The molecule has 275 valence electrons. The van der Waals surface area contributed by atoms with Gasteiger partial charge in [-0.2, -0.15) is 0 Å². The van der Waals surface area contributed by atoms with E-state index in [0.29, 0.717) is 0 Å². The fourth-order valence-corrected chi connectivity index (χ4v) is 10.1. The van der Waals surface area contributed by atoms with Gasteiger partial charge in [-0.05, 0) is 77.0 Å². The van der Waals surface area contributed by atoms with Gasteiger partial charge in [0.05, 0.1) is 0 Å². The lowest BCUT2D eigenvalue weighted by atomic mass is 9.37. The van der Waals surface area contributed by atoms with Crippen molar-refractivity contribution in [3.8, 4) is 28.4 Å². The zero-order valence-electron chi connectivity index (χ0n) is 32.2. The van der Waals surface area contributed by atoms with Gasteiger partial charge in [-0.1, -0.05) is 170 Å². The molecule has 8 aromatic carbocycles. The smallest absolute Gasteiger partial charge is 0.388 e. The lowest BCUT2D eigenvalue weighted by molar-refractivity contribution is 0.466. The van der Waals surface area contributed by atoms with Crippen molar-refractivity contribution in [3.05, 3.63) is 218 Å². The van der Waals surface area contributed by atoms with E-state index in [9.17, 15) is 0 Å². The molecule has 2 aliphatic heterocycles. The first-order valence-corrected chi connectivity index (χ1v) is 21.8. The molecule has 0 atom stereocenters. The maximum absolute atomic E-state index is 6.81. The number of hydrogen-bond acceptors (Lipinski definition) is 5. The summed E-state index contributed by atoms with van der Waals surface area (Å²) in [6.45, 7) is 1.54. The zero-order valence-corrected chi connectivity index (χ0v) is 33.2. The van der Waals surface area contributed by atoms with Crippen molar-refractivity contribution in [3.63, 3.8) is 0 Å². The number of nitrogens with zero attached hydrogens (tertiary/aromatic N) is 3. The Hall–Kier alpha value is -6.83. The number of rotatable bonds is 7. The minimum atomic E-state index is -1.40. The first-order valence-electron chi connectivity index (χ1n) is 19.8. The first-order chi connectivity index (χ1) is 28.7. The van der Waals surface area contributed by atoms with E-state index in [4.69, 9.17) is 9.16 Å². The molecule has 0 saturated carbocycles. The molecule has 1 radical (unpaired) electrons. The summed E-state index contributed by atoms with van der Waals surface area (Å²) in [5.41, 5.74) is 9.02. The summed E-state index contributed by atoms with van der Waals surface area (Å²) in [7, 11) is -1.40. The second kappa shape index (κ2) is 15.6. The highest BCUT2D eigenvalue weighted by Gasteiger charge is 2.55. The SMILES string of the molecule is C[Si]1Oc2ccccc2Oc2c(-c3cccc(N4B(c5ccccc5)N(c5ccccc5)B(c5ccccc5)N(c5ccccc5)B4c4ccccc4)c3)cccc21. The number of hydrogen-bond donors (Lipinski definition) is 0. The van der Waals surface area contributed by atoms with Crippen LogP contribution in [0, 0.1) is 0 Å². The number of anilines is 3. The predicted octanol–water partition coefficient (Wildman–Crippen LogP) is 8.39. The maximum Gasteiger partial charge on any atom is 0.388 e. The molecule has 0 amide bonds. The monoisotopic (exact) mass is 762 g/mol. The van der Waals surface area contributed by atoms with Crippen molar-refractivity contribution in [2.75, 3.05) is 14.2 Å². The van der Waals surface area contributed by atoms with Gasteiger partial charge >= 0.3 is 30.0 Å². The van der Waals surface area contributed by atoms with Crippen molar-refractivity contribution in [2.24, 2.45) is 0 Å². The van der Waals surface area contributed by atoms with E-state index in [1.807, 2.05) is 24.3 Å². The molecule has 0 aromatic heterocycles. The highest BCUT2D eigenvalue weighted by Crippen LogP contribution is 2.41. The summed E-state index contributed by atoms with van der Waals surface area (Å²) in [5.74, 6) is 2.39. The Morgan fingerprint density at radius 1 is 0.397 bits per heavy atom. The largest absolute Gasteiger partial charge is 0.535 e. The average molecular weight is 762 g/mol. The van der Waals surface area contributed by atoms with E-state index < -0.39 is 9.04 Å². The van der Waals surface area contributed by atoms with Crippen LogP contribution in [0.4, 0.5) is 17.1 Å². The van der Waals surface area contributed by atoms with Gasteiger partial charge in [-0.15, -0.1) is 0 Å². The third kappa shape index (κ3) is 6.53. The summed E-state index contributed by atoms with van der Waals surface area (Å²) in [6.07, 6.45) is 0. The van der Waals surface area contributed by atoms with E-state index in [1.165, 1.54) is 16.4 Å². The molecule has 5 nitrogen and oxygen atoms in total. The van der Waals surface area contributed by atoms with E-state index in [2.05, 4.69) is 215 Å². The van der Waals surface area contributed by atoms with E-state index in [1.54, 1.807) is 0 Å². The number of fused-ring (bicyclic) bond motifs is 2. The van der Waals surface area contributed by atoms with Crippen LogP contribution in [0.3, 0.4) is 0 Å². The van der Waals surface area contributed by atoms with Gasteiger partial charge in [-0.25, -0.2) is 0 Å². The Kier molecular flexibility index (Phi) is 9.57. The Morgan fingerprint density at radius 3 is 1.33 bits per heavy atom. The van der Waals surface area contributed by atoms with Crippen molar-refractivity contribution in [1.82, 2.24) is 0 Å². The van der Waals surface area contributed by atoms with Crippen LogP contribution in [0.25, 0.3) is 11.1 Å². The molecule has 0 N–H and O–H groups in total.